The minimum Gasteiger partial charge on any atom is -0.480 e. The summed E-state index contributed by atoms with van der Waals surface area (Å²) in [5.41, 5.74) is 0. The fraction of sp³-hybridized carbons (Fsp3) is 0.833. The van der Waals surface area contributed by atoms with Crippen molar-refractivity contribution in [2.24, 2.45) is 0 Å². The molecule has 2 amide bonds. The SMILES string of the molecule is CC(C)N(CC(=O)O)C(=O)N1CCCCC1CO. The molecule has 6 nitrogen and oxygen atoms in total. The van der Waals surface area contributed by atoms with Gasteiger partial charge in [0, 0.05) is 12.6 Å². The lowest BCUT2D eigenvalue weighted by molar-refractivity contribution is -0.138. The van der Waals surface area contributed by atoms with E-state index in [2.05, 4.69) is 0 Å². The van der Waals surface area contributed by atoms with Crippen LogP contribution < -0.4 is 0 Å². The van der Waals surface area contributed by atoms with Crippen LogP contribution in [0.5, 0.6) is 0 Å². The lowest BCUT2D eigenvalue weighted by atomic mass is 10.0. The summed E-state index contributed by atoms with van der Waals surface area (Å²) < 4.78 is 0. The summed E-state index contributed by atoms with van der Waals surface area (Å²) in [4.78, 5) is 26.0. The van der Waals surface area contributed by atoms with Crippen molar-refractivity contribution in [3.63, 3.8) is 0 Å². The number of nitrogens with zero attached hydrogens (tertiary/aromatic N) is 2. The van der Waals surface area contributed by atoms with Crippen LogP contribution >= 0.6 is 0 Å². The Labute approximate surface area is 107 Å². The van der Waals surface area contributed by atoms with Crippen molar-refractivity contribution in [2.45, 2.75) is 45.2 Å². The number of aliphatic hydroxyl groups excluding tert-OH is 1. The molecule has 1 rings (SSSR count). The Morgan fingerprint density at radius 3 is 2.56 bits per heavy atom. The fourth-order valence-corrected chi connectivity index (χ4v) is 2.22. The Hall–Kier alpha value is -1.30. The van der Waals surface area contributed by atoms with Gasteiger partial charge < -0.3 is 20.0 Å². The number of carboxylic acids is 1. The number of piperidine rings is 1. The minimum absolute atomic E-state index is 0.0647. The average Bonchev–Trinajstić information content (AvgIpc) is 2.34. The van der Waals surface area contributed by atoms with E-state index in [1.54, 1.807) is 18.7 Å². The number of likely N-dealkylation sites (tertiary alicyclic amines) is 1. The van der Waals surface area contributed by atoms with Crippen molar-refractivity contribution in [1.82, 2.24) is 9.80 Å². The van der Waals surface area contributed by atoms with E-state index < -0.39 is 5.97 Å². The van der Waals surface area contributed by atoms with Crippen LogP contribution in [0.25, 0.3) is 0 Å². The summed E-state index contributed by atoms with van der Waals surface area (Å²) in [7, 11) is 0. The van der Waals surface area contributed by atoms with Gasteiger partial charge in [-0.3, -0.25) is 4.79 Å². The average molecular weight is 258 g/mol. The molecule has 0 radical (unpaired) electrons. The molecule has 0 bridgehead atoms. The van der Waals surface area contributed by atoms with Crippen LogP contribution in [0.2, 0.25) is 0 Å². The van der Waals surface area contributed by atoms with Crippen LogP contribution in [-0.4, -0.2) is 63.8 Å². The van der Waals surface area contributed by atoms with E-state index in [0.717, 1.165) is 19.3 Å². The monoisotopic (exact) mass is 258 g/mol. The normalized spacial score (nSPS) is 20.0. The lowest BCUT2D eigenvalue weighted by Crippen LogP contribution is -2.54. The summed E-state index contributed by atoms with van der Waals surface area (Å²) in [5.74, 6) is -1.02. The first-order valence-corrected chi connectivity index (χ1v) is 6.37. The third-order valence-electron chi connectivity index (χ3n) is 3.26. The van der Waals surface area contributed by atoms with E-state index in [0.29, 0.717) is 6.54 Å². The van der Waals surface area contributed by atoms with E-state index in [1.165, 1.54) is 4.90 Å². The quantitative estimate of drug-likeness (QED) is 0.779. The van der Waals surface area contributed by atoms with Gasteiger partial charge in [0.25, 0.3) is 0 Å². The van der Waals surface area contributed by atoms with Crippen molar-refractivity contribution < 1.29 is 19.8 Å². The molecule has 1 atom stereocenters. The molecule has 104 valence electrons. The largest absolute Gasteiger partial charge is 0.480 e. The number of hydrogen-bond donors (Lipinski definition) is 2. The minimum atomic E-state index is -1.02. The molecule has 0 aromatic carbocycles. The molecule has 1 fully saturated rings. The van der Waals surface area contributed by atoms with Crippen LogP contribution in [0.15, 0.2) is 0 Å². The first-order valence-electron chi connectivity index (χ1n) is 6.37. The molecule has 0 aliphatic carbocycles. The van der Waals surface area contributed by atoms with Crippen LogP contribution in [0.4, 0.5) is 4.79 Å². The second kappa shape index (κ2) is 6.58. The van der Waals surface area contributed by atoms with Gasteiger partial charge in [0.05, 0.1) is 12.6 Å². The molecule has 1 aliphatic rings. The number of urea groups is 1. The molecular formula is C12H22N2O4. The zero-order valence-electron chi connectivity index (χ0n) is 11.0. The van der Waals surface area contributed by atoms with Crippen LogP contribution in [-0.2, 0) is 4.79 Å². The zero-order chi connectivity index (χ0) is 13.7. The molecule has 18 heavy (non-hydrogen) atoms. The number of aliphatic carboxylic acids is 1. The number of carbonyl (C=O) groups excluding carboxylic acids is 1. The van der Waals surface area contributed by atoms with Crippen LogP contribution in [0, 0.1) is 0 Å². The van der Waals surface area contributed by atoms with Crippen molar-refractivity contribution in [1.29, 1.82) is 0 Å². The highest BCUT2D eigenvalue weighted by Crippen LogP contribution is 2.19. The number of amides is 2. The van der Waals surface area contributed by atoms with E-state index in [4.69, 9.17) is 5.11 Å². The maximum Gasteiger partial charge on any atom is 0.323 e. The maximum absolute atomic E-state index is 12.3. The summed E-state index contributed by atoms with van der Waals surface area (Å²) in [5, 5.41) is 18.1. The molecule has 2 N–H and O–H groups in total. The van der Waals surface area contributed by atoms with E-state index in [-0.39, 0.29) is 31.3 Å². The Bertz CT molecular complexity index is 306. The summed E-state index contributed by atoms with van der Waals surface area (Å²) >= 11 is 0. The van der Waals surface area contributed by atoms with Crippen molar-refractivity contribution in [3.8, 4) is 0 Å². The molecule has 0 spiro atoms. The summed E-state index contributed by atoms with van der Waals surface area (Å²) in [6.45, 7) is 3.81. The van der Waals surface area contributed by atoms with Gasteiger partial charge in [-0.25, -0.2) is 4.79 Å². The molecule has 1 unspecified atom stereocenters. The summed E-state index contributed by atoms with van der Waals surface area (Å²) in [6.07, 6.45) is 2.68. The molecular weight excluding hydrogens is 236 g/mol. The molecule has 1 aliphatic heterocycles. The van der Waals surface area contributed by atoms with Crippen molar-refractivity contribution >= 4 is 12.0 Å². The van der Waals surface area contributed by atoms with Crippen molar-refractivity contribution in [3.05, 3.63) is 0 Å². The van der Waals surface area contributed by atoms with Gasteiger partial charge in [-0.2, -0.15) is 0 Å². The van der Waals surface area contributed by atoms with Gasteiger partial charge in [-0.15, -0.1) is 0 Å². The Morgan fingerprint density at radius 1 is 1.39 bits per heavy atom. The number of hydrogen-bond acceptors (Lipinski definition) is 3. The highest BCUT2D eigenvalue weighted by molar-refractivity contribution is 5.80. The number of rotatable bonds is 4. The van der Waals surface area contributed by atoms with Gasteiger partial charge in [-0.1, -0.05) is 0 Å². The highest BCUT2D eigenvalue weighted by atomic mass is 16.4. The standard InChI is InChI=1S/C12H22N2O4/c1-9(2)14(7-11(16)17)12(18)13-6-4-3-5-10(13)8-15/h9-10,15H,3-8H2,1-2H3,(H,16,17). The van der Waals surface area contributed by atoms with Gasteiger partial charge in [-0.05, 0) is 33.1 Å². The van der Waals surface area contributed by atoms with E-state index in [1.807, 2.05) is 0 Å². The Morgan fingerprint density at radius 2 is 2.06 bits per heavy atom. The zero-order valence-corrected chi connectivity index (χ0v) is 11.0. The number of aliphatic hydroxyl groups is 1. The second-order valence-corrected chi connectivity index (χ2v) is 4.92. The van der Waals surface area contributed by atoms with Gasteiger partial charge in [0.2, 0.25) is 0 Å². The topological polar surface area (TPSA) is 81.1 Å². The van der Waals surface area contributed by atoms with E-state index >= 15 is 0 Å². The molecule has 0 aromatic rings. The van der Waals surface area contributed by atoms with Gasteiger partial charge >= 0.3 is 12.0 Å². The molecule has 0 aromatic heterocycles. The predicted octanol–water partition coefficient (Wildman–Crippen LogP) is 0.748. The fourth-order valence-electron chi connectivity index (χ4n) is 2.22. The van der Waals surface area contributed by atoms with E-state index in [9.17, 15) is 14.7 Å². The van der Waals surface area contributed by atoms with Crippen LogP contribution in [0.3, 0.4) is 0 Å². The predicted molar refractivity (Wildman–Crippen MR) is 66.3 cm³/mol. The molecule has 0 saturated carbocycles. The highest BCUT2D eigenvalue weighted by Gasteiger charge is 2.31. The van der Waals surface area contributed by atoms with Crippen LogP contribution in [0.1, 0.15) is 33.1 Å². The Balaban J connectivity index is 2.77. The van der Waals surface area contributed by atoms with Gasteiger partial charge in [0.1, 0.15) is 6.54 Å². The summed E-state index contributed by atoms with van der Waals surface area (Å²) in [6, 6.07) is -0.637. The molecule has 1 saturated heterocycles. The van der Waals surface area contributed by atoms with Gasteiger partial charge in [0.15, 0.2) is 0 Å². The lowest BCUT2D eigenvalue weighted by Gasteiger charge is -2.39. The molecule has 1 heterocycles. The number of carbonyl (C=O) groups is 2. The maximum atomic E-state index is 12.3. The number of carboxylic acid groups (broad SMARTS) is 1. The second-order valence-electron chi connectivity index (χ2n) is 4.92. The van der Waals surface area contributed by atoms with Crippen molar-refractivity contribution in [2.75, 3.05) is 19.7 Å². The smallest absolute Gasteiger partial charge is 0.323 e. The third kappa shape index (κ3) is 3.60. The molecule has 6 heteroatoms. The third-order valence-corrected chi connectivity index (χ3v) is 3.26. The Kier molecular flexibility index (Phi) is 5.40. The first-order chi connectivity index (χ1) is 8.47. The first kappa shape index (κ1) is 14.8.